The van der Waals surface area contributed by atoms with Crippen molar-refractivity contribution in [2.24, 2.45) is 0 Å². The van der Waals surface area contributed by atoms with Crippen LogP contribution in [-0.4, -0.2) is 44.1 Å². The maximum atomic E-state index is 12.9. The van der Waals surface area contributed by atoms with Crippen molar-refractivity contribution in [1.82, 2.24) is 9.47 Å². The molecule has 3 aromatic rings. The zero-order chi connectivity index (χ0) is 25.3. The molecule has 0 radical (unpaired) electrons. The molecule has 0 saturated carbocycles. The van der Waals surface area contributed by atoms with E-state index in [1.807, 2.05) is 24.5 Å². The number of hydrogen-bond acceptors (Lipinski definition) is 5. The van der Waals surface area contributed by atoms with Crippen LogP contribution in [-0.2, 0) is 9.59 Å². The van der Waals surface area contributed by atoms with E-state index in [0.717, 1.165) is 39.3 Å². The monoisotopic (exact) mass is 509 g/mol. The van der Waals surface area contributed by atoms with Crippen molar-refractivity contribution < 1.29 is 24.3 Å². The minimum Gasteiger partial charge on any atom is -0.478 e. The lowest BCUT2D eigenvalue weighted by Crippen LogP contribution is -2.36. The SMILES string of the molecule is Cc1cc(/C=C2/SC(=O)N(CC(=O)Nc3cccc(Cl)c3)C2=O)c(C)n1-c1ccc(C(=O)O)cc1. The van der Waals surface area contributed by atoms with Crippen LogP contribution in [0, 0.1) is 13.8 Å². The topological polar surface area (TPSA) is 109 Å². The Kier molecular flexibility index (Phi) is 6.81. The number of nitrogens with zero attached hydrogens (tertiary/aromatic N) is 2. The van der Waals surface area contributed by atoms with Gasteiger partial charge in [0.2, 0.25) is 5.91 Å². The fourth-order valence-corrected chi connectivity index (χ4v) is 4.79. The molecule has 0 atom stereocenters. The summed E-state index contributed by atoms with van der Waals surface area (Å²) in [5.74, 6) is -2.06. The molecule has 1 aliphatic rings. The van der Waals surface area contributed by atoms with Gasteiger partial charge in [0.1, 0.15) is 6.54 Å². The maximum Gasteiger partial charge on any atom is 0.335 e. The number of anilines is 1. The molecule has 2 heterocycles. The molecule has 1 saturated heterocycles. The molecular formula is C25H20ClN3O5S. The number of amides is 3. The van der Waals surface area contributed by atoms with Crippen LogP contribution >= 0.6 is 23.4 Å². The molecule has 3 amide bonds. The van der Waals surface area contributed by atoms with Crippen LogP contribution in [0.15, 0.2) is 59.5 Å². The second kappa shape index (κ2) is 9.81. The summed E-state index contributed by atoms with van der Waals surface area (Å²) in [5.41, 5.74) is 3.85. The molecule has 10 heteroatoms. The van der Waals surface area contributed by atoms with E-state index in [1.165, 1.54) is 12.1 Å². The van der Waals surface area contributed by atoms with Gasteiger partial charge in [0.25, 0.3) is 11.1 Å². The summed E-state index contributed by atoms with van der Waals surface area (Å²) in [6.45, 7) is 3.34. The van der Waals surface area contributed by atoms with Gasteiger partial charge in [-0.25, -0.2) is 4.79 Å². The van der Waals surface area contributed by atoms with E-state index < -0.39 is 29.6 Å². The van der Waals surface area contributed by atoms with E-state index in [0.29, 0.717) is 10.7 Å². The highest BCUT2D eigenvalue weighted by Crippen LogP contribution is 2.33. The fourth-order valence-electron chi connectivity index (χ4n) is 3.77. The smallest absolute Gasteiger partial charge is 0.335 e. The second-order valence-corrected chi connectivity index (χ2v) is 9.27. The van der Waals surface area contributed by atoms with Crippen molar-refractivity contribution in [3.63, 3.8) is 0 Å². The Bertz CT molecular complexity index is 1390. The molecule has 0 bridgehead atoms. The van der Waals surface area contributed by atoms with E-state index in [4.69, 9.17) is 16.7 Å². The first-order chi connectivity index (χ1) is 16.6. The van der Waals surface area contributed by atoms with Gasteiger partial charge in [-0.1, -0.05) is 17.7 Å². The highest BCUT2D eigenvalue weighted by molar-refractivity contribution is 8.18. The number of halogens is 1. The number of imide groups is 1. The molecule has 4 rings (SSSR count). The molecule has 0 spiro atoms. The predicted molar refractivity (Wildman–Crippen MR) is 135 cm³/mol. The Morgan fingerprint density at radius 2 is 1.80 bits per heavy atom. The number of aryl methyl sites for hydroxylation is 1. The van der Waals surface area contributed by atoms with E-state index >= 15 is 0 Å². The summed E-state index contributed by atoms with van der Waals surface area (Å²) in [4.78, 5) is 50.0. The molecule has 0 unspecified atom stereocenters. The van der Waals surface area contributed by atoms with E-state index in [9.17, 15) is 19.2 Å². The number of rotatable bonds is 6. The number of benzene rings is 2. The number of hydrogen-bond donors (Lipinski definition) is 2. The number of aromatic carboxylic acids is 1. The molecule has 1 aliphatic heterocycles. The zero-order valence-corrected chi connectivity index (χ0v) is 20.3. The van der Waals surface area contributed by atoms with Gasteiger partial charge in [0.05, 0.1) is 10.5 Å². The quantitative estimate of drug-likeness (QED) is 0.446. The Balaban J connectivity index is 1.53. The summed E-state index contributed by atoms with van der Waals surface area (Å²) in [7, 11) is 0. The number of nitrogens with one attached hydrogen (secondary N) is 1. The number of aromatic nitrogens is 1. The van der Waals surface area contributed by atoms with Crippen LogP contribution in [0.3, 0.4) is 0 Å². The molecule has 178 valence electrons. The first kappa shape index (κ1) is 24.3. The van der Waals surface area contributed by atoms with Gasteiger partial charge in [-0.15, -0.1) is 0 Å². The maximum absolute atomic E-state index is 12.9. The number of carbonyl (C=O) groups excluding carboxylic acids is 3. The van der Waals surface area contributed by atoms with E-state index in [1.54, 1.807) is 42.5 Å². The molecule has 2 N–H and O–H groups in total. The van der Waals surface area contributed by atoms with Gasteiger partial charge in [0, 0.05) is 27.8 Å². The number of thioether (sulfide) groups is 1. The second-order valence-electron chi connectivity index (χ2n) is 7.84. The Morgan fingerprint density at radius 1 is 1.09 bits per heavy atom. The van der Waals surface area contributed by atoms with E-state index in [2.05, 4.69) is 5.32 Å². The zero-order valence-electron chi connectivity index (χ0n) is 18.7. The van der Waals surface area contributed by atoms with Crippen LogP contribution < -0.4 is 5.32 Å². The number of carboxylic acids is 1. The van der Waals surface area contributed by atoms with Crippen molar-refractivity contribution >= 4 is 58.1 Å². The largest absolute Gasteiger partial charge is 0.478 e. The summed E-state index contributed by atoms with van der Waals surface area (Å²) in [6.07, 6.45) is 1.63. The third-order valence-corrected chi connectivity index (χ3v) is 6.56. The van der Waals surface area contributed by atoms with Gasteiger partial charge in [-0.05, 0) is 85.8 Å². The third-order valence-electron chi connectivity index (χ3n) is 5.41. The lowest BCUT2D eigenvalue weighted by atomic mass is 10.2. The Hall–Kier alpha value is -3.82. The highest BCUT2D eigenvalue weighted by atomic mass is 35.5. The normalized spacial score (nSPS) is 14.6. The predicted octanol–water partition coefficient (Wildman–Crippen LogP) is 5.12. The van der Waals surface area contributed by atoms with E-state index in [-0.39, 0.29) is 10.5 Å². The first-order valence-corrected chi connectivity index (χ1v) is 11.7. The molecule has 1 fully saturated rings. The molecule has 8 nitrogen and oxygen atoms in total. The highest BCUT2D eigenvalue weighted by Gasteiger charge is 2.36. The van der Waals surface area contributed by atoms with Crippen LogP contribution in [0.4, 0.5) is 10.5 Å². The molecular weight excluding hydrogens is 490 g/mol. The number of carboxylic acid groups (broad SMARTS) is 1. The molecule has 2 aromatic carbocycles. The van der Waals surface area contributed by atoms with Crippen LogP contribution in [0.25, 0.3) is 11.8 Å². The lowest BCUT2D eigenvalue weighted by molar-refractivity contribution is -0.127. The van der Waals surface area contributed by atoms with Crippen molar-refractivity contribution in [1.29, 1.82) is 0 Å². The summed E-state index contributed by atoms with van der Waals surface area (Å²) >= 11 is 6.69. The van der Waals surface area contributed by atoms with Gasteiger partial charge < -0.3 is 15.0 Å². The van der Waals surface area contributed by atoms with Gasteiger partial charge >= 0.3 is 5.97 Å². The fraction of sp³-hybridized carbons (Fsp3) is 0.120. The van der Waals surface area contributed by atoms with Crippen LogP contribution in [0.5, 0.6) is 0 Å². The van der Waals surface area contributed by atoms with Crippen LogP contribution in [0.1, 0.15) is 27.3 Å². The standard InChI is InChI=1S/C25H20ClN3O5S/c1-14-10-17(15(2)29(14)20-8-6-16(7-9-20)24(32)33)11-21-23(31)28(25(34)35-21)13-22(30)27-19-5-3-4-18(26)12-19/h3-12H,13H2,1-2H3,(H,27,30)(H,32,33)/b21-11+. The minimum absolute atomic E-state index is 0.185. The summed E-state index contributed by atoms with van der Waals surface area (Å²) in [6, 6.07) is 14.9. The minimum atomic E-state index is -1.00. The molecule has 0 aliphatic carbocycles. The van der Waals surface area contributed by atoms with Gasteiger partial charge in [-0.2, -0.15) is 0 Å². The van der Waals surface area contributed by atoms with Crippen LogP contribution in [0.2, 0.25) is 5.02 Å². The van der Waals surface area contributed by atoms with Crippen molar-refractivity contribution in [3.8, 4) is 5.69 Å². The molecule has 35 heavy (non-hydrogen) atoms. The third kappa shape index (κ3) is 5.16. The summed E-state index contributed by atoms with van der Waals surface area (Å²) in [5, 5.41) is 11.7. The first-order valence-electron chi connectivity index (χ1n) is 10.5. The molecule has 1 aromatic heterocycles. The van der Waals surface area contributed by atoms with Gasteiger partial charge in [-0.3, -0.25) is 19.3 Å². The van der Waals surface area contributed by atoms with Crippen molar-refractivity contribution in [3.05, 3.63) is 87.0 Å². The number of carbonyl (C=O) groups is 4. The lowest BCUT2D eigenvalue weighted by Gasteiger charge is -2.12. The average molecular weight is 510 g/mol. The Labute approximate surface area is 210 Å². The Morgan fingerprint density at radius 3 is 2.46 bits per heavy atom. The summed E-state index contributed by atoms with van der Waals surface area (Å²) < 4.78 is 1.93. The van der Waals surface area contributed by atoms with Gasteiger partial charge in [0.15, 0.2) is 0 Å². The average Bonchev–Trinajstić information content (AvgIpc) is 3.23. The van der Waals surface area contributed by atoms with Crippen molar-refractivity contribution in [2.75, 3.05) is 11.9 Å². The van der Waals surface area contributed by atoms with Crippen molar-refractivity contribution in [2.45, 2.75) is 13.8 Å².